The fraction of sp³-hybridized carbons (Fsp3) is 0.500. The number of rotatable bonds is 6. The molecule has 0 saturated heterocycles. The molecule has 9 heteroatoms. The van der Waals surface area contributed by atoms with Crippen LogP contribution in [-0.4, -0.2) is 56.0 Å². The van der Waals surface area contributed by atoms with Gasteiger partial charge in [0.1, 0.15) is 18.1 Å². The van der Waals surface area contributed by atoms with E-state index in [-0.39, 0.29) is 31.0 Å². The molecule has 27 heavy (non-hydrogen) atoms. The van der Waals surface area contributed by atoms with Gasteiger partial charge in [0.05, 0.1) is 30.2 Å². The third-order valence-electron chi connectivity index (χ3n) is 4.48. The van der Waals surface area contributed by atoms with Crippen LogP contribution in [0.3, 0.4) is 0 Å². The average Bonchev–Trinajstić information content (AvgIpc) is 3.11. The number of nitrogens with one attached hydrogen (secondary N) is 1. The summed E-state index contributed by atoms with van der Waals surface area (Å²) in [5, 5.41) is 2.80. The van der Waals surface area contributed by atoms with Crippen LogP contribution in [0.25, 0.3) is 0 Å². The molecule has 3 rings (SSSR count). The first kappa shape index (κ1) is 19.0. The molecule has 1 N–H and O–H groups in total. The largest absolute Gasteiger partial charge is 0.372 e. The molecule has 0 spiro atoms. The van der Waals surface area contributed by atoms with E-state index in [1.165, 1.54) is 0 Å². The van der Waals surface area contributed by atoms with Crippen LogP contribution in [-0.2, 0) is 22.6 Å². The normalized spacial score (nSPS) is 16.1. The SMILES string of the molecule is CCOCC(=O)N1CCn2cc(C(=O)NCc3cnc(C)cn3)nc2[C@@H]1C. The Kier molecular flexibility index (Phi) is 5.80. The van der Waals surface area contributed by atoms with Gasteiger partial charge in [-0.1, -0.05) is 0 Å². The van der Waals surface area contributed by atoms with Gasteiger partial charge in [0, 0.05) is 32.1 Å². The van der Waals surface area contributed by atoms with Crippen LogP contribution in [0.15, 0.2) is 18.6 Å². The maximum Gasteiger partial charge on any atom is 0.271 e. The van der Waals surface area contributed by atoms with Crippen LogP contribution in [0.4, 0.5) is 0 Å². The lowest BCUT2D eigenvalue weighted by Gasteiger charge is -2.33. The number of aryl methyl sites for hydroxylation is 1. The fourth-order valence-corrected chi connectivity index (χ4v) is 2.99. The van der Waals surface area contributed by atoms with Gasteiger partial charge in [-0.05, 0) is 20.8 Å². The molecule has 1 aliphatic rings. The lowest BCUT2D eigenvalue weighted by Crippen LogP contribution is -2.42. The van der Waals surface area contributed by atoms with Crippen molar-refractivity contribution in [3.05, 3.63) is 41.5 Å². The van der Waals surface area contributed by atoms with Crippen LogP contribution in [0.5, 0.6) is 0 Å². The zero-order valence-electron chi connectivity index (χ0n) is 15.8. The summed E-state index contributed by atoms with van der Waals surface area (Å²) in [6, 6.07) is -0.212. The van der Waals surface area contributed by atoms with Crippen molar-refractivity contribution in [1.29, 1.82) is 0 Å². The van der Waals surface area contributed by atoms with E-state index in [2.05, 4.69) is 20.3 Å². The molecule has 1 aliphatic heterocycles. The predicted molar refractivity (Wildman–Crippen MR) is 96.8 cm³/mol. The molecule has 1 atom stereocenters. The first-order chi connectivity index (χ1) is 13.0. The fourth-order valence-electron chi connectivity index (χ4n) is 2.99. The molecule has 2 amide bonds. The highest BCUT2D eigenvalue weighted by Gasteiger charge is 2.30. The van der Waals surface area contributed by atoms with Gasteiger partial charge in [-0.3, -0.25) is 19.6 Å². The second-order valence-electron chi connectivity index (χ2n) is 6.41. The molecule has 2 aromatic rings. The summed E-state index contributed by atoms with van der Waals surface area (Å²) in [5.41, 5.74) is 1.83. The molecule has 0 aromatic carbocycles. The second kappa shape index (κ2) is 8.26. The highest BCUT2D eigenvalue weighted by molar-refractivity contribution is 5.92. The molecular weight excluding hydrogens is 348 g/mol. The Morgan fingerprint density at radius 1 is 1.30 bits per heavy atom. The van der Waals surface area contributed by atoms with Gasteiger partial charge in [0.2, 0.25) is 5.91 Å². The number of nitrogens with zero attached hydrogens (tertiary/aromatic N) is 5. The summed E-state index contributed by atoms with van der Waals surface area (Å²) < 4.78 is 7.14. The lowest BCUT2D eigenvalue weighted by atomic mass is 10.2. The van der Waals surface area contributed by atoms with E-state index in [9.17, 15) is 9.59 Å². The third kappa shape index (κ3) is 4.30. The van der Waals surface area contributed by atoms with Crippen molar-refractivity contribution in [1.82, 2.24) is 29.7 Å². The van der Waals surface area contributed by atoms with Gasteiger partial charge in [0.15, 0.2) is 0 Å². The van der Waals surface area contributed by atoms with Crippen molar-refractivity contribution >= 4 is 11.8 Å². The van der Waals surface area contributed by atoms with Crippen molar-refractivity contribution in [2.45, 2.75) is 39.9 Å². The van der Waals surface area contributed by atoms with E-state index in [1.54, 1.807) is 23.5 Å². The number of aromatic nitrogens is 4. The number of ether oxygens (including phenoxy) is 1. The predicted octanol–water partition coefficient (Wildman–Crippen LogP) is 0.851. The van der Waals surface area contributed by atoms with Crippen molar-refractivity contribution in [2.75, 3.05) is 19.8 Å². The smallest absolute Gasteiger partial charge is 0.271 e. The van der Waals surface area contributed by atoms with E-state index >= 15 is 0 Å². The van der Waals surface area contributed by atoms with Crippen molar-refractivity contribution in [2.24, 2.45) is 0 Å². The molecule has 144 valence electrons. The summed E-state index contributed by atoms with van der Waals surface area (Å²) in [6.07, 6.45) is 5.02. The lowest BCUT2D eigenvalue weighted by molar-refractivity contribution is -0.139. The van der Waals surface area contributed by atoms with E-state index in [0.29, 0.717) is 36.9 Å². The minimum atomic E-state index is -0.279. The molecular formula is C18H24N6O3. The van der Waals surface area contributed by atoms with Crippen molar-refractivity contribution < 1.29 is 14.3 Å². The van der Waals surface area contributed by atoms with Crippen LogP contribution in [0.2, 0.25) is 0 Å². The Hall–Kier alpha value is -2.81. The number of hydrogen-bond donors (Lipinski definition) is 1. The standard InChI is InChI=1S/C18H24N6O3/c1-4-27-11-16(25)24-6-5-23-10-15(22-17(23)13(24)3)18(26)21-9-14-8-19-12(2)7-20-14/h7-8,10,13H,4-6,9,11H2,1-3H3,(H,21,26)/t13-/m0/s1. The molecule has 0 fully saturated rings. The maximum absolute atomic E-state index is 12.4. The van der Waals surface area contributed by atoms with Crippen LogP contribution < -0.4 is 5.32 Å². The molecule has 0 bridgehead atoms. The third-order valence-corrected chi connectivity index (χ3v) is 4.48. The number of amides is 2. The number of carbonyl (C=O) groups is 2. The van der Waals surface area contributed by atoms with Gasteiger partial charge in [-0.25, -0.2) is 4.98 Å². The maximum atomic E-state index is 12.4. The Balaban J connectivity index is 1.65. The topological polar surface area (TPSA) is 102 Å². The van der Waals surface area contributed by atoms with E-state index in [1.807, 2.05) is 25.3 Å². The Morgan fingerprint density at radius 3 is 2.81 bits per heavy atom. The van der Waals surface area contributed by atoms with Gasteiger partial charge in [0.25, 0.3) is 5.91 Å². The highest BCUT2D eigenvalue weighted by Crippen LogP contribution is 2.24. The van der Waals surface area contributed by atoms with Gasteiger partial charge < -0.3 is 19.5 Å². The van der Waals surface area contributed by atoms with Gasteiger partial charge in [-0.2, -0.15) is 0 Å². The van der Waals surface area contributed by atoms with E-state index in [4.69, 9.17) is 4.74 Å². The van der Waals surface area contributed by atoms with Gasteiger partial charge >= 0.3 is 0 Å². The van der Waals surface area contributed by atoms with Crippen molar-refractivity contribution in [3.8, 4) is 0 Å². The van der Waals surface area contributed by atoms with E-state index in [0.717, 1.165) is 5.69 Å². The average molecular weight is 372 g/mol. The first-order valence-electron chi connectivity index (χ1n) is 8.99. The minimum Gasteiger partial charge on any atom is -0.372 e. The zero-order chi connectivity index (χ0) is 19.4. The summed E-state index contributed by atoms with van der Waals surface area (Å²) >= 11 is 0. The number of carbonyl (C=O) groups excluding carboxylic acids is 2. The minimum absolute atomic E-state index is 0.0620. The monoisotopic (exact) mass is 372 g/mol. The Morgan fingerprint density at radius 2 is 2.11 bits per heavy atom. The van der Waals surface area contributed by atoms with Crippen LogP contribution >= 0.6 is 0 Å². The first-order valence-corrected chi connectivity index (χ1v) is 8.99. The Bertz CT molecular complexity index is 817. The number of hydrogen-bond acceptors (Lipinski definition) is 6. The number of imidazole rings is 1. The highest BCUT2D eigenvalue weighted by atomic mass is 16.5. The molecule has 0 saturated carbocycles. The molecule has 3 heterocycles. The second-order valence-corrected chi connectivity index (χ2v) is 6.41. The molecule has 0 radical (unpaired) electrons. The number of fused-ring (bicyclic) bond motifs is 1. The van der Waals surface area contributed by atoms with Gasteiger partial charge in [-0.15, -0.1) is 0 Å². The van der Waals surface area contributed by atoms with E-state index < -0.39 is 0 Å². The molecule has 2 aromatic heterocycles. The van der Waals surface area contributed by atoms with Crippen molar-refractivity contribution in [3.63, 3.8) is 0 Å². The zero-order valence-corrected chi connectivity index (χ0v) is 15.8. The summed E-state index contributed by atoms with van der Waals surface area (Å²) in [4.78, 5) is 39.3. The molecule has 0 aliphatic carbocycles. The van der Waals surface area contributed by atoms with Crippen LogP contribution in [0, 0.1) is 6.92 Å². The summed E-state index contributed by atoms with van der Waals surface area (Å²) in [5.74, 6) is 0.354. The molecule has 0 unspecified atom stereocenters. The Labute approximate surface area is 157 Å². The van der Waals surface area contributed by atoms with Crippen LogP contribution in [0.1, 0.15) is 47.6 Å². The quantitative estimate of drug-likeness (QED) is 0.807. The summed E-state index contributed by atoms with van der Waals surface area (Å²) in [7, 11) is 0. The molecule has 9 nitrogen and oxygen atoms in total. The summed E-state index contributed by atoms with van der Waals surface area (Å²) in [6.45, 7) is 7.62.